The molecule has 30 heavy (non-hydrogen) atoms. The lowest BCUT2D eigenvalue weighted by molar-refractivity contribution is 0.0706. The summed E-state index contributed by atoms with van der Waals surface area (Å²) in [5.74, 6) is 0.187. The van der Waals surface area contributed by atoms with Gasteiger partial charge in [0.05, 0.1) is 22.9 Å². The molecule has 1 heterocycles. The van der Waals surface area contributed by atoms with E-state index in [4.69, 9.17) is 9.94 Å². The van der Waals surface area contributed by atoms with Crippen LogP contribution >= 0.6 is 0 Å². The molecule has 0 radical (unpaired) electrons. The van der Waals surface area contributed by atoms with Gasteiger partial charge in [0.25, 0.3) is 5.91 Å². The zero-order valence-electron chi connectivity index (χ0n) is 17.8. The molecule has 0 fully saturated rings. The molecule has 0 saturated carbocycles. The van der Waals surface area contributed by atoms with Gasteiger partial charge in [-0.3, -0.25) is 19.9 Å². The molecule has 1 amide bonds. The number of amides is 1. The number of hydroxylamine groups is 1. The number of carbonyl (C=O) groups excluding carboxylic acids is 1. The lowest BCUT2D eigenvalue weighted by Crippen LogP contribution is -2.39. The summed E-state index contributed by atoms with van der Waals surface area (Å²) >= 11 is 0. The van der Waals surface area contributed by atoms with Crippen LogP contribution in [0.3, 0.4) is 0 Å². The third-order valence-corrected chi connectivity index (χ3v) is 4.98. The first-order chi connectivity index (χ1) is 14.4. The predicted molar refractivity (Wildman–Crippen MR) is 117 cm³/mol. The molecule has 7 nitrogen and oxygen atoms in total. The minimum Gasteiger partial charge on any atom is -0.492 e. The molecule has 158 valence electrons. The highest BCUT2D eigenvalue weighted by atomic mass is 16.5. The number of fused-ring (bicyclic) bond motifs is 1. The third-order valence-electron chi connectivity index (χ3n) is 4.98. The van der Waals surface area contributed by atoms with Crippen LogP contribution in [0.1, 0.15) is 38.1 Å². The number of nitrogens with zero attached hydrogens (tertiary/aromatic N) is 3. The first-order valence-electron chi connectivity index (χ1n) is 10.1. The van der Waals surface area contributed by atoms with Crippen molar-refractivity contribution >= 4 is 16.9 Å². The summed E-state index contributed by atoms with van der Waals surface area (Å²) in [6, 6.07) is 13.6. The standard InChI is InChI=1S/C23H28N4O3/c1-15(2)27(16(3)4)10-11-30-19-7-5-6-17(12-19)22-14-24-20-9-8-18(23(28)26-29)13-21(20)25-22/h5-9,12-16,29H,10-11H2,1-4H3,(H,26,28). The number of ether oxygens (including phenoxy) is 1. The van der Waals surface area contributed by atoms with Crippen molar-refractivity contribution < 1.29 is 14.7 Å². The van der Waals surface area contributed by atoms with Gasteiger partial charge in [-0.25, -0.2) is 10.5 Å². The van der Waals surface area contributed by atoms with Crippen LogP contribution in [0.25, 0.3) is 22.3 Å². The summed E-state index contributed by atoms with van der Waals surface area (Å²) < 4.78 is 5.98. The summed E-state index contributed by atoms with van der Waals surface area (Å²) in [6.07, 6.45) is 1.70. The lowest BCUT2D eigenvalue weighted by Gasteiger charge is -2.30. The summed E-state index contributed by atoms with van der Waals surface area (Å²) in [7, 11) is 0. The van der Waals surface area contributed by atoms with Crippen LogP contribution in [-0.2, 0) is 0 Å². The number of rotatable bonds is 8. The van der Waals surface area contributed by atoms with E-state index >= 15 is 0 Å². The zero-order valence-corrected chi connectivity index (χ0v) is 17.8. The number of nitrogens with one attached hydrogen (secondary N) is 1. The van der Waals surface area contributed by atoms with E-state index in [1.165, 1.54) is 0 Å². The smallest absolute Gasteiger partial charge is 0.274 e. The Hall–Kier alpha value is -3.03. The summed E-state index contributed by atoms with van der Waals surface area (Å²) in [4.78, 5) is 23.1. The third kappa shape index (κ3) is 5.11. The molecule has 3 aromatic rings. The van der Waals surface area contributed by atoms with Gasteiger partial charge in [0.2, 0.25) is 0 Å². The Labute approximate surface area is 176 Å². The first-order valence-corrected chi connectivity index (χ1v) is 10.1. The Kier molecular flexibility index (Phi) is 6.97. The summed E-state index contributed by atoms with van der Waals surface area (Å²) in [5.41, 5.74) is 4.75. The molecule has 7 heteroatoms. The van der Waals surface area contributed by atoms with Crippen LogP contribution in [0.4, 0.5) is 0 Å². The minimum absolute atomic E-state index is 0.313. The first kappa shape index (κ1) is 21.7. The second kappa shape index (κ2) is 9.65. The van der Waals surface area contributed by atoms with Crippen molar-refractivity contribution in [2.75, 3.05) is 13.2 Å². The molecule has 0 unspecified atom stereocenters. The van der Waals surface area contributed by atoms with Gasteiger partial charge in [-0.15, -0.1) is 0 Å². The Morgan fingerprint density at radius 1 is 1.10 bits per heavy atom. The van der Waals surface area contributed by atoms with Gasteiger partial charge in [-0.05, 0) is 58.0 Å². The molecule has 2 N–H and O–H groups in total. The van der Waals surface area contributed by atoms with E-state index in [1.807, 2.05) is 24.3 Å². The quantitative estimate of drug-likeness (QED) is 0.434. The van der Waals surface area contributed by atoms with Gasteiger partial charge < -0.3 is 4.74 Å². The maximum atomic E-state index is 11.7. The van der Waals surface area contributed by atoms with Gasteiger partial charge in [0.15, 0.2) is 0 Å². The maximum Gasteiger partial charge on any atom is 0.274 e. The monoisotopic (exact) mass is 408 g/mol. The van der Waals surface area contributed by atoms with Gasteiger partial charge in [0, 0.05) is 29.8 Å². The SMILES string of the molecule is CC(C)N(CCOc1cccc(-c2cnc3ccc(C(=O)NO)cc3n2)c1)C(C)C. The average Bonchev–Trinajstić information content (AvgIpc) is 2.75. The van der Waals surface area contributed by atoms with E-state index in [2.05, 4.69) is 42.6 Å². The van der Waals surface area contributed by atoms with E-state index < -0.39 is 5.91 Å². The number of aromatic nitrogens is 2. The fourth-order valence-electron chi connectivity index (χ4n) is 3.48. The Morgan fingerprint density at radius 2 is 1.87 bits per heavy atom. The Morgan fingerprint density at radius 3 is 2.57 bits per heavy atom. The number of benzene rings is 2. The molecule has 0 aliphatic rings. The highest BCUT2D eigenvalue weighted by Crippen LogP contribution is 2.24. The molecule has 0 saturated heterocycles. The van der Waals surface area contributed by atoms with Crippen molar-refractivity contribution in [2.24, 2.45) is 0 Å². The normalized spacial score (nSPS) is 11.5. The molecule has 0 spiro atoms. The Bertz CT molecular complexity index is 1010. The predicted octanol–water partition coefficient (Wildman–Crippen LogP) is 3.91. The molecule has 2 aromatic carbocycles. The van der Waals surface area contributed by atoms with Crippen LogP contribution in [0.5, 0.6) is 5.75 Å². The van der Waals surface area contributed by atoms with Crippen LogP contribution in [-0.4, -0.2) is 51.2 Å². The molecule has 0 aliphatic carbocycles. The zero-order chi connectivity index (χ0) is 21.7. The molecule has 1 aromatic heterocycles. The van der Waals surface area contributed by atoms with Gasteiger partial charge in [0.1, 0.15) is 12.4 Å². The molecular formula is C23H28N4O3. The average molecular weight is 409 g/mol. The van der Waals surface area contributed by atoms with Gasteiger partial charge >= 0.3 is 0 Å². The molecule has 0 bridgehead atoms. The summed E-state index contributed by atoms with van der Waals surface area (Å²) in [5, 5.41) is 8.84. The second-order valence-electron chi connectivity index (χ2n) is 7.70. The van der Waals surface area contributed by atoms with Crippen molar-refractivity contribution in [1.82, 2.24) is 20.3 Å². The van der Waals surface area contributed by atoms with Crippen LogP contribution in [0, 0.1) is 0 Å². The van der Waals surface area contributed by atoms with Crippen molar-refractivity contribution in [1.29, 1.82) is 0 Å². The molecule has 0 aliphatic heterocycles. The lowest BCUT2D eigenvalue weighted by atomic mass is 10.1. The van der Waals surface area contributed by atoms with Crippen LogP contribution in [0.15, 0.2) is 48.7 Å². The van der Waals surface area contributed by atoms with Gasteiger partial charge in [-0.1, -0.05) is 12.1 Å². The van der Waals surface area contributed by atoms with Crippen molar-refractivity contribution in [3.8, 4) is 17.0 Å². The number of hydrogen-bond acceptors (Lipinski definition) is 6. The highest BCUT2D eigenvalue weighted by molar-refractivity contribution is 5.96. The van der Waals surface area contributed by atoms with E-state index in [0.717, 1.165) is 17.9 Å². The van der Waals surface area contributed by atoms with E-state index in [1.54, 1.807) is 29.9 Å². The van der Waals surface area contributed by atoms with Crippen LogP contribution < -0.4 is 10.2 Å². The van der Waals surface area contributed by atoms with E-state index in [-0.39, 0.29) is 0 Å². The van der Waals surface area contributed by atoms with Crippen molar-refractivity contribution in [3.05, 3.63) is 54.2 Å². The van der Waals surface area contributed by atoms with Crippen molar-refractivity contribution in [3.63, 3.8) is 0 Å². The van der Waals surface area contributed by atoms with E-state index in [9.17, 15) is 4.79 Å². The van der Waals surface area contributed by atoms with Crippen LogP contribution in [0.2, 0.25) is 0 Å². The second-order valence-corrected chi connectivity index (χ2v) is 7.70. The fourth-order valence-corrected chi connectivity index (χ4v) is 3.48. The topological polar surface area (TPSA) is 87.6 Å². The molecule has 0 atom stereocenters. The maximum absolute atomic E-state index is 11.7. The highest BCUT2D eigenvalue weighted by Gasteiger charge is 2.13. The van der Waals surface area contributed by atoms with Gasteiger partial charge in [-0.2, -0.15) is 0 Å². The molecular weight excluding hydrogens is 380 g/mol. The van der Waals surface area contributed by atoms with E-state index in [0.29, 0.717) is 41.0 Å². The minimum atomic E-state index is -0.587. The molecule has 3 rings (SSSR count). The largest absolute Gasteiger partial charge is 0.492 e. The fraction of sp³-hybridized carbons (Fsp3) is 0.348. The Balaban J connectivity index is 1.78. The van der Waals surface area contributed by atoms with Crippen molar-refractivity contribution in [2.45, 2.75) is 39.8 Å². The number of hydrogen-bond donors (Lipinski definition) is 2. The summed E-state index contributed by atoms with van der Waals surface area (Å²) in [6.45, 7) is 10.2. The number of carbonyl (C=O) groups is 1.